The minimum atomic E-state index is -0.910. The number of oxazole rings is 1. The fourth-order valence-corrected chi connectivity index (χ4v) is 4.42. The van der Waals surface area contributed by atoms with E-state index in [0.29, 0.717) is 31.1 Å². The molecule has 0 bridgehead atoms. The largest absolute Gasteiger partial charge is 0.436 e. The Morgan fingerprint density at radius 3 is 2.74 bits per heavy atom. The third kappa shape index (κ3) is 4.13. The molecule has 0 radical (unpaired) electrons. The summed E-state index contributed by atoms with van der Waals surface area (Å²) in [4.78, 5) is 23.8. The molecule has 3 aromatic rings. The lowest BCUT2D eigenvalue weighted by atomic mass is 9.78. The molecule has 1 saturated heterocycles. The number of carbonyl (C=O) groups is 1. The summed E-state index contributed by atoms with van der Waals surface area (Å²) in [7, 11) is 0. The van der Waals surface area contributed by atoms with Crippen molar-refractivity contribution in [2.45, 2.75) is 51.9 Å². The number of benzene rings is 1. The van der Waals surface area contributed by atoms with Gasteiger partial charge in [-0.15, -0.1) is 0 Å². The average molecular weight is 424 g/mol. The second-order valence-corrected chi connectivity index (χ2v) is 8.11. The van der Waals surface area contributed by atoms with Crippen LogP contribution in [0.5, 0.6) is 0 Å². The number of likely N-dealkylation sites (tertiary alicyclic amines) is 1. The van der Waals surface area contributed by atoms with Crippen LogP contribution in [0.3, 0.4) is 0 Å². The highest BCUT2D eigenvalue weighted by Crippen LogP contribution is 2.34. The van der Waals surface area contributed by atoms with Crippen molar-refractivity contribution in [3.63, 3.8) is 0 Å². The zero-order valence-electron chi connectivity index (χ0n) is 18.2. The molecule has 1 aliphatic heterocycles. The Morgan fingerprint density at radius 2 is 2.10 bits per heavy atom. The van der Waals surface area contributed by atoms with Gasteiger partial charge in [-0.05, 0) is 25.8 Å². The highest BCUT2D eigenvalue weighted by molar-refractivity contribution is 5.93. The standard InChI is InChI=1S/C23H29N5O3/c1-4-28-15-24-12-19(28)13-27-11-10-23(20(29)14-27,18-8-6-5-7-9-18)26-22(30)21-16(2)25-17(3)31-21/h5-9,12,15,20,29H,4,10-11,13-14H2,1-3H3,(H,26,30)/t20-,23-/m1/s1. The van der Waals surface area contributed by atoms with Crippen molar-refractivity contribution in [1.29, 1.82) is 0 Å². The minimum absolute atomic E-state index is 0.189. The van der Waals surface area contributed by atoms with Gasteiger partial charge in [0.2, 0.25) is 5.76 Å². The molecule has 164 valence electrons. The summed E-state index contributed by atoms with van der Waals surface area (Å²) in [6.45, 7) is 8.24. The molecule has 0 aliphatic carbocycles. The fraction of sp³-hybridized carbons (Fsp3) is 0.435. The first kappa shape index (κ1) is 21.3. The number of carbonyl (C=O) groups excluding carboxylic acids is 1. The van der Waals surface area contributed by atoms with E-state index in [-0.39, 0.29) is 11.7 Å². The molecule has 1 aliphatic rings. The lowest BCUT2D eigenvalue weighted by Crippen LogP contribution is -2.61. The number of hydrogen-bond donors (Lipinski definition) is 2. The normalized spacial score (nSPS) is 21.9. The maximum Gasteiger partial charge on any atom is 0.289 e. The molecule has 4 rings (SSSR count). The van der Waals surface area contributed by atoms with Crippen molar-refractivity contribution in [2.24, 2.45) is 0 Å². The van der Waals surface area contributed by atoms with E-state index in [4.69, 9.17) is 4.42 Å². The van der Waals surface area contributed by atoms with Crippen LogP contribution in [0.25, 0.3) is 0 Å². The smallest absolute Gasteiger partial charge is 0.289 e. The summed E-state index contributed by atoms with van der Waals surface area (Å²) in [5, 5.41) is 14.4. The first-order chi connectivity index (χ1) is 14.9. The van der Waals surface area contributed by atoms with E-state index in [9.17, 15) is 9.90 Å². The first-order valence-electron chi connectivity index (χ1n) is 10.6. The SMILES string of the molecule is CCn1cncc1CN1CC[C@@](NC(=O)c2oc(C)nc2C)(c2ccccc2)[C@H](O)C1. The molecule has 2 atom stereocenters. The first-order valence-corrected chi connectivity index (χ1v) is 10.6. The van der Waals surface area contributed by atoms with E-state index in [1.807, 2.05) is 42.9 Å². The van der Waals surface area contributed by atoms with Gasteiger partial charge >= 0.3 is 0 Å². The summed E-state index contributed by atoms with van der Waals surface area (Å²) in [5.74, 6) is 0.270. The van der Waals surface area contributed by atoms with Gasteiger partial charge in [-0.3, -0.25) is 9.69 Å². The monoisotopic (exact) mass is 423 g/mol. The van der Waals surface area contributed by atoms with Gasteiger partial charge in [0.15, 0.2) is 5.89 Å². The van der Waals surface area contributed by atoms with E-state index in [0.717, 1.165) is 24.3 Å². The molecule has 0 saturated carbocycles. The third-order valence-electron chi connectivity index (χ3n) is 6.08. The van der Waals surface area contributed by atoms with E-state index >= 15 is 0 Å². The number of aromatic nitrogens is 3. The zero-order valence-corrected chi connectivity index (χ0v) is 18.2. The number of nitrogens with zero attached hydrogens (tertiary/aromatic N) is 4. The van der Waals surface area contributed by atoms with Gasteiger partial charge in [0.25, 0.3) is 5.91 Å². The molecular weight excluding hydrogens is 394 g/mol. The Kier molecular flexibility index (Phi) is 5.93. The van der Waals surface area contributed by atoms with E-state index in [1.165, 1.54) is 0 Å². The second kappa shape index (κ2) is 8.64. The molecule has 0 spiro atoms. The molecule has 8 heteroatoms. The third-order valence-corrected chi connectivity index (χ3v) is 6.08. The van der Waals surface area contributed by atoms with E-state index < -0.39 is 11.6 Å². The summed E-state index contributed by atoms with van der Waals surface area (Å²) >= 11 is 0. The molecule has 0 unspecified atom stereocenters. The molecule has 8 nitrogen and oxygen atoms in total. The van der Waals surface area contributed by atoms with Crippen molar-refractivity contribution in [3.05, 3.63) is 71.5 Å². The Morgan fingerprint density at radius 1 is 1.32 bits per heavy atom. The van der Waals surface area contributed by atoms with Gasteiger partial charge in [0, 0.05) is 39.3 Å². The van der Waals surface area contributed by atoms with Crippen molar-refractivity contribution in [3.8, 4) is 0 Å². The molecule has 2 aromatic heterocycles. The molecule has 1 fully saturated rings. The molecule has 1 amide bonds. The predicted molar refractivity (Wildman–Crippen MR) is 115 cm³/mol. The molecular formula is C23H29N5O3. The Balaban J connectivity index is 1.59. The van der Waals surface area contributed by atoms with Crippen LogP contribution in [0.15, 0.2) is 47.3 Å². The van der Waals surface area contributed by atoms with Gasteiger partial charge in [-0.1, -0.05) is 30.3 Å². The zero-order chi connectivity index (χ0) is 22.0. The fourth-order valence-electron chi connectivity index (χ4n) is 4.42. The quantitative estimate of drug-likeness (QED) is 0.632. The van der Waals surface area contributed by atoms with Gasteiger partial charge in [0.1, 0.15) is 0 Å². The van der Waals surface area contributed by atoms with Crippen LogP contribution in [-0.2, 0) is 18.6 Å². The lowest BCUT2D eigenvalue weighted by Gasteiger charge is -2.46. The number of aliphatic hydroxyl groups excluding tert-OH is 1. The number of piperidine rings is 1. The summed E-state index contributed by atoms with van der Waals surface area (Å²) in [5.41, 5.74) is 1.62. The predicted octanol–water partition coefficient (Wildman–Crippen LogP) is 2.40. The van der Waals surface area contributed by atoms with Gasteiger partial charge in [-0.2, -0.15) is 0 Å². The van der Waals surface area contributed by atoms with Crippen molar-refractivity contribution < 1.29 is 14.3 Å². The average Bonchev–Trinajstić information content (AvgIpc) is 3.35. The lowest BCUT2D eigenvalue weighted by molar-refractivity contribution is -0.0191. The maximum absolute atomic E-state index is 13.1. The van der Waals surface area contributed by atoms with Crippen molar-refractivity contribution >= 4 is 5.91 Å². The van der Waals surface area contributed by atoms with Crippen LogP contribution < -0.4 is 5.32 Å². The molecule has 31 heavy (non-hydrogen) atoms. The number of β-amino-alcohol motifs (C(OH)–C–C–N with tert-alkyl or cyclic N) is 1. The summed E-state index contributed by atoms with van der Waals surface area (Å²) < 4.78 is 7.63. The number of aryl methyl sites for hydroxylation is 3. The number of amides is 1. The Labute approximate surface area is 181 Å². The van der Waals surface area contributed by atoms with Crippen LogP contribution in [0.1, 0.15) is 46.7 Å². The Bertz CT molecular complexity index is 1040. The second-order valence-electron chi connectivity index (χ2n) is 8.11. The maximum atomic E-state index is 13.1. The minimum Gasteiger partial charge on any atom is -0.436 e. The highest BCUT2D eigenvalue weighted by atomic mass is 16.4. The Hall–Kier alpha value is -2.97. The van der Waals surface area contributed by atoms with Crippen LogP contribution in [0.4, 0.5) is 0 Å². The van der Waals surface area contributed by atoms with Gasteiger partial charge < -0.3 is 19.4 Å². The van der Waals surface area contributed by atoms with Crippen molar-refractivity contribution in [2.75, 3.05) is 13.1 Å². The number of hydrogen-bond acceptors (Lipinski definition) is 6. The van der Waals surface area contributed by atoms with E-state index in [2.05, 4.69) is 31.7 Å². The number of nitrogens with one attached hydrogen (secondary N) is 1. The van der Waals surface area contributed by atoms with E-state index in [1.54, 1.807) is 13.8 Å². The van der Waals surface area contributed by atoms with Crippen LogP contribution in [0.2, 0.25) is 0 Å². The van der Waals surface area contributed by atoms with Crippen LogP contribution in [0, 0.1) is 13.8 Å². The van der Waals surface area contributed by atoms with Crippen LogP contribution >= 0.6 is 0 Å². The topological polar surface area (TPSA) is 96.4 Å². The summed E-state index contributed by atoms with van der Waals surface area (Å²) in [6, 6.07) is 9.67. The number of imidazole rings is 1. The molecule has 2 N–H and O–H groups in total. The number of aliphatic hydroxyl groups is 1. The molecule has 1 aromatic carbocycles. The number of rotatable bonds is 6. The summed E-state index contributed by atoms with van der Waals surface area (Å²) in [6.07, 6.45) is 3.46. The van der Waals surface area contributed by atoms with Gasteiger partial charge in [-0.25, -0.2) is 9.97 Å². The molecule has 3 heterocycles. The van der Waals surface area contributed by atoms with Crippen molar-refractivity contribution in [1.82, 2.24) is 24.8 Å². The van der Waals surface area contributed by atoms with Crippen LogP contribution in [-0.4, -0.2) is 49.6 Å². The highest BCUT2D eigenvalue weighted by Gasteiger charge is 2.45. The van der Waals surface area contributed by atoms with Gasteiger partial charge in [0.05, 0.1) is 29.4 Å².